The van der Waals surface area contributed by atoms with E-state index in [9.17, 15) is 20.2 Å². The Labute approximate surface area is 126 Å². The second-order valence-electron chi connectivity index (χ2n) is 3.95. The number of hydrogen-bond donors (Lipinski definition) is 1. The van der Waals surface area contributed by atoms with Crippen molar-refractivity contribution in [1.82, 2.24) is 0 Å². The normalized spacial score (nSPS) is 10.1. The number of nitrogens with zero attached hydrogens (tertiary/aromatic N) is 2. The predicted octanol–water partition coefficient (Wildman–Crippen LogP) is 3.64. The van der Waals surface area contributed by atoms with Crippen molar-refractivity contribution in [2.45, 2.75) is 0 Å². The molecule has 2 aromatic carbocycles. The molecule has 8 nitrogen and oxygen atoms in total. The SMILES string of the molecule is Nc1cc(Oc2cc([N+](=O)[O-])ccc2Br)ccc1[N+](=O)[O-]. The Morgan fingerprint density at radius 1 is 1.05 bits per heavy atom. The Kier molecular flexibility index (Phi) is 4.03. The molecule has 0 aliphatic rings. The van der Waals surface area contributed by atoms with E-state index in [1.165, 1.54) is 36.4 Å². The van der Waals surface area contributed by atoms with E-state index >= 15 is 0 Å². The largest absolute Gasteiger partial charge is 0.456 e. The van der Waals surface area contributed by atoms with Gasteiger partial charge in [0.05, 0.1) is 20.4 Å². The summed E-state index contributed by atoms with van der Waals surface area (Å²) in [6.07, 6.45) is 0. The highest BCUT2D eigenvalue weighted by molar-refractivity contribution is 9.10. The standard InChI is InChI=1S/C12H8BrN3O5/c13-9-3-1-7(15(17)18)5-12(9)21-8-2-4-11(16(19)20)10(14)6-8/h1-6H,14H2. The van der Waals surface area contributed by atoms with E-state index in [2.05, 4.69) is 15.9 Å². The van der Waals surface area contributed by atoms with Gasteiger partial charge in [0.25, 0.3) is 11.4 Å². The van der Waals surface area contributed by atoms with Crippen LogP contribution in [0.4, 0.5) is 17.1 Å². The van der Waals surface area contributed by atoms with Gasteiger partial charge in [0.2, 0.25) is 0 Å². The van der Waals surface area contributed by atoms with Gasteiger partial charge in [-0.1, -0.05) is 0 Å². The van der Waals surface area contributed by atoms with E-state index in [1.54, 1.807) is 0 Å². The van der Waals surface area contributed by atoms with Crippen LogP contribution in [-0.4, -0.2) is 9.85 Å². The molecule has 2 aromatic rings. The molecule has 0 saturated carbocycles. The summed E-state index contributed by atoms with van der Waals surface area (Å²) in [4.78, 5) is 20.2. The first-order valence-electron chi connectivity index (χ1n) is 5.54. The van der Waals surface area contributed by atoms with Crippen LogP contribution in [0.3, 0.4) is 0 Å². The zero-order chi connectivity index (χ0) is 15.6. The van der Waals surface area contributed by atoms with Crippen LogP contribution < -0.4 is 10.5 Å². The Bertz CT molecular complexity index is 735. The van der Waals surface area contributed by atoms with Crippen molar-refractivity contribution in [2.75, 3.05) is 5.73 Å². The lowest BCUT2D eigenvalue weighted by atomic mass is 10.2. The lowest BCUT2D eigenvalue weighted by molar-refractivity contribution is -0.385. The number of nitro benzene ring substituents is 2. The molecule has 0 unspecified atom stereocenters. The predicted molar refractivity (Wildman–Crippen MR) is 78.4 cm³/mol. The molecule has 0 amide bonds. The van der Waals surface area contributed by atoms with Crippen molar-refractivity contribution in [2.24, 2.45) is 0 Å². The number of anilines is 1. The van der Waals surface area contributed by atoms with Crippen molar-refractivity contribution < 1.29 is 14.6 Å². The molecule has 0 aromatic heterocycles. The van der Waals surface area contributed by atoms with Gasteiger partial charge in [-0.05, 0) is 28.1 Å². The second-order valence-corrected chi connectivity index (χ2v) is 4.81. The van der Waals surface area contributed by atoms with E-state index in [1.807, 2.05) is 0 Å². The number of nitrogen functional groups attached to an aromatic ring is 1. The Balaban J connectivity index is 2.34. The minimum absolute atomic E-state index is 0.0564. The van der Waals surface area contributed by atoms with Crippen LogP contribution in [0.2, 0.25) is 0 Å². The van der Waals surface area contributed by atoms with Crippen LogP contribution in [0.1, 0.15) is 0 Å². The van der Waals surface area contributed by atoms with E-state index in [0.717, 1.165) is 0 Å². The summed E-state index contributed by atoms with van der Waals surface area (Å²) < 4.78 is 5.97. The number of nitro groups is 2. The van der Waals surface area contributed by atoms with Crippen LogP contribution in [0.5, 0.6) is 11.5 Å². The van der Waals surface area contributed by atoms with Gasteiger partial charge in [0.15, 0.2) is 0 Å². The average Bonchev–Trinajstić information content (AvgIpc) is 2.40. The van der Waals surface area contributed by atoms with Crippen LogP contribution in [0.15, 0.2) is 40.9 Å². The molecule has 0 fully saturated rings. The molecule has 21 heavy (non-hydrogen) atoms. The third kappa shape index (κ3) is 3.26. The minimum Gasteiger partial charge on any atom is -0.456 e. The number of rotatable bonds is 4. The number of nitrogens with two attached hydrogens (primary N) is 1. The Morgan fingerprint density at radius 3 is 2.33 bits per heavy atom. The fourth-order valence-electron chi connectivity index (χ4n) is 1.57. The molecule has 0 heterocycles. The van der Waals surface area contributed by atoms with Gasteiger partial charge in [-0.2, -0.15) is 0 Å². The van der Waals surface area contributed by atoms with Gasteiger partial charge in [-0.25, -0.2) is 0 Å². The summed E-state index contributed by atoms with van der Waals surface area (Å²) in [6, 6.07) is 7.88. The van der Waals surface area contributed by atoms with Crippen molar-refractivity contribution in [3.8, 4) is 11.5 Å². The fraction of sp³-hybridized carbons (Fsp3) is 0. The minimum atomic E-state index is -0.609. The molecule has 0 aliphatic heterocycles. The number of halogens is 1. The molecular formula is C12H8BrN3O5. The number of non-ortho nitro benzene ring substituents is 1. The maximum atomic E-state index is 10.7. The second kappa shape index (κ2) is 5.75. The molecule has 0 saturated heterocycles. The zero-order valence-electron chi connectivity index (χ0n) is 10.4. The van der Waals surface area contributed by atoms with E-state index in [4.69, 9.17) is 10.5 Å². The smallest absolute Gasteiger partial charge is 0.292 e. The summed E-state index contributed by atoms with van der Waals surface area (Å²) >= 11 is 3.21. The van der Waals surface area contributed by atoms with Crippen molar-refractivity contribution in [3.63, 3.8) is 0 Å². The van der Waals surface area contributed by atoms with Gasteiger partial charge in [-0.15, -0.1) is 0 Å². The molecule has 2 rings (SSSR count). The Morgan fingerprint density at radius 2 is 1.76 bits per heavy atom. The van der Waals surface area contributed by atoms with Crippen molar-refractivity contribution in [3.05, 3.63) is 61.1 Å². The summed E-state index contributed by atoms with van der Waals surface area (Å²) in [5, 5.41) is 21.4. The molecule has 0 radical (unpaired) electrons. The number of benzene rings is 2. The lowest BCUT2D eigenvalue weighted by Gasteiger charge is -2.08. The van der Waals surface area contributed by atoms with E-state index < -0.39 is 9.85 Å². The quantitative estimate of drug-likeness (QED) is 0.508. The monoisotopic (exact) mass is 353 g/mol. The van der Waals surface area contributed by atoms with Crippen LogP contribution in [0.25, 0.3) is 0 Å². The Hall–Kier alpha value is -2.68. The molecule has 108 valence electrons. The first kappa shape index (κ1) is 14.7. The van der Waals surface area contributed by atoms with Gasteiger partial charge < -0.3 is 10.5 Å². The summed E-state index contributed by atoms with van der Waals surface area (Å²) in [5.74, 6) is 0.441. The first-order valence-corrected chi connectivity index (χ1v) is 6.33. The first-order chi connectivity index (χ1) is 9.88. The summed E-state index contributed by atoms with van der Waals surface area (Å²) in [6.45, 7) is 0. The number of ether oxygens (including phenoxy) is 1. The lowest BCUT2D eigenvalue weighted by Crippen LogP contribution is -1.96. The van der Waals surface area contributed by atoms with Crippen LogP contribution in [-0.2, 0) is 0 Å². The van der Waals surface area contributed by atoms with Crippen LogP contribution >= 0.6 is 15.9 Å². The van der Waals surface area contributed by atoms with Gasteiger partial charge in [0.1, 0.15) is 17.2 Å². The van der Waals surface area contributed by atoms with Gasteiger partial charge in [0, 0.05) is 18.2 Å². The molecule has 0 aliphatic carbocycles. The van der Waals surface area contributed by atoms with E-state index in [-0.39, 0.29) is 28.6 Å². The topological polar surface area (TPSA) is 122 Å². The molecule has 0 atom stereocenters. The van der Waals surface area contributed by atoms with Gasteiger partial charge >= 0.3 is 0 Å². The fourth-order valence-corrected chi connectivity index (χ4v) is 1.90. The van der Waals surface area contributed by atoms with Gasteiger partial charge in [-0.3, -0.25) is 20.2 Å². The zero-order valence-corrected chi connectivity index (χ0v) is 11.9. The highest BCUT2D eigenvalue weighted by Crippen LogP contribution is 2.35. The summed E-state index contributed by atoms with van der Waals surface area (Å²) in [7, 11) is 0. The maximum absolute atomic E-state index is 10.7. The highest BCUT2D eigenvalue weighted by atomic mass is 79.9. The molecule has 0 bridgehead atoms. The molecule has 2 N–H and O–H groups in total. The summed E-state index contributed by atoms with van der Waals surface area (Å²) in [5.41, 5.74) is 5.12. The highest BCUT2D eigenvalue weighted by Gasteiger charge is 2.14. The van der Waals surface area contributed by atoms with E-state index in [0.29, 0.717) is 4.47 Å². The maximum Gasteiger partial charge on any atom is 0.292 e. The average molecular weight is 354 g/mol. The number of hydrogen-bond acceptors (Lipinski definition) is 6. The third-order valence-electron chi connectivity index (χ3n) is 2.55. The molecular weight excluding hydrogens is 346 g/mol. The van der Waals surface area contributed by atoms with Crippen molar-refractivity contribution >= 4 is 33.0 Å². The third-order valence-corrected chi connectivity index (χ3v) is 3.20. The molecule has 0 spiro atoms. The van der Waals surface area contributed by atoms with Crippen LogP contribution in [0, 0.1) is 20.2 Å². The van der Waals surface area contributed by atoms with Crippen molar-refractivity contribution in [1.29, 1.82) is 0 Å². The molecule has 9 heteroatoms.